The average molecular weight is 249 g/mol. The summed E-state index contributed by atoms with van der Waals surface area (Å²) in [5.41, 5.74) is 6.79. The molecule has 0 fully saturated rings. The Kier molecular flexibility index (Phi) is 4.62. The van der Waals surface area contributed by atoms with E-state index in [0.29, 0.717) is 17.0 Å². The normalized spacial score (nSPS) is 11.5. The van der Waals surface area contributed by atoms with Gasteiger partial charge in [0.15, 0.2) is 0 Å². The molecule has 0 radical (unpaired) electrons. The van der Waals surface area contributed by atoms with Gasteiger partial charge in [0.25, 0.3) is 0 Å². The largest absolute Gasteiger partial charge is 0.495 e. The van der Waals surface area contributed by atoms with Crippen LogP contribution in [0.1, 0.15) is 12.0 Å². The van der Waals surface area contributed by atoms with Crippen LogP contribution in [0.15, 0.2) is 18.2 Å². The maximum absolute atomic E-state index is 11.8. The number of ether oxygens (including phenoxy) is 2. The van der Waals surface area contributed by atoms with Crippen molar-refractivity contribution in [2.45, 2.75) is 19.2 Å². The van der Waals surface area contributed by atoms with E-state index in [-0.39, 0.29) is 13.2 Å². The van der Waals surface area contributed by atoms with Gasteiger partial charge in [-0.05, 0) is 17.7 Å². The lowest BCUT2D eigenvalue weighted by Crippen LogP contribution is -2.11. The number of hydrogen-bond acceptors (Lipinski definition) is 3. The van der Waals surface area contributed by atoms with Gasteiger partial charge in [-0.2, -0.15) is 13.2 Å². The topological polar surface area (TPSA) is 44.5 Å². The third kappa shape index (κ3) is 4.95. The summed E-state index contributed by atoms with van der Waals surface area (Å²) in [6, 6.07) is 4.97. The SMILES string of the molecule is COc1ccc(COCCC(F)(F)F)cc1N. The van der Waals surface area contributed by atoms with Gasteiger partial charge >= 0.3 is 6.18 Å². The fraction of sp³-hybridized carbons (Fsp3) is 0.455. The smallest absolute Gasteiger partial charge is 0.391 e. The van der Waals surface area contributed by atoms with Crippen LogP contribution in [0, 0.1) is 0 Å². The molecule has 0 bridgehead atoms. The number of hydrogen-bond donors (Lipinski definition) is 1. The fourth-order valence-electron chi connectivity index (χ4n) is 1.25. The van der Waals surface area contributed by atoms with E-state index >= 15 is 0 Å². The van der Waals surface area contributed by atoms with Gasteiger partial charge in [0.05, 0.1) is 32.4 Å². The lowest BCUT2D eigenvalue weighted by molar-refractivity contribution is -0.146. The quantitative estimate of drug-likeness (QED) is 0.644. The second kappa shape index (κ2) is 5.77. The van der Waals surface area contributed by atoms with Crippen molar-refractivity contribution in [3.05, 3.63) is 23.8 Å². The minimum atomic E-state index is -4.18. The van der Waals surface area contributed by atoms with Crippen LogP contribution in [0.4, 0.5) is 18.9 Å². The molecule has 0 aliphatic heterocycles. The number of alkyl halides is 3. The molecule has 1 aromatic carbocycles. The van der Waals surface area contributed by atoms with Crippen molar-refractivity contribution in [3.8, 4) is 5.75 Å². The molecule has 2 N–H and O–H groups in total. The van der Waals surface area contributed by atoms with E-state index in [4.69, 9.17) is 15.2 Å². The third-order valence-corrected chi connectivity index (χ3v) is 2.09. The number of halogens is 3. The van der Waals surface area contributed by atoms with Crippen LogP contribution in [-0.2, 0) is 11.3 Å². The van der Waals surface area contributed by atoms with E-state index in [1.807, 2.05) is 0 Å². The summed E-state index contributed by atoms with van der Waals surface area (Å²) in [5, 5.41) is 0. The first kappa shape index (κ1) is 13.6. The van der Waals surface area contributed by atoms with Crippen molar-refractivity contribution in [2.75, 3.05) is 19.5 Å². The van der Waals surface area contributed by atoms with E-state index < -0.39 is 12.6 Å². The van der Waals surface area contributed by atoms with Crippen LogP contribution in [0.2, 0.25) is 0 Å². The summed E-state index contributed by atoms with van der Waals surface area (Å²) >= 11 is 0. The van der Waals surface area contributed by atoms with Crippen molar-refractivity contribution in [3.63, 3.8) is 0 Å². The number of rotatable bonds is 5. The maximum atomic E-state index is 11.8. The highest BCUT2D eigenvalue weighted by atomic mass is 19.4. The average Bonchev–Trinajstić information content (AvgIpc) is 2.23. The molecule has 1 rings (SSSR count). The van der Waals surface area contributed by atoms with E-state index in [0.717, 1.165) is 0 Å². The first-order chi connectivity index (χ1) is 7.92. The van der Waals surface area contributed by atoms with Gasteiger partial charge in [-0.3, -0.25) is 0 Å². The molecule has 17 heavy (non-hydrogen) atoms. The number of anilines is 1. The second-order valence-corrected chi connectivity index (χ2v) is 3.49. The Morgan fingerprint density at radius 2 is 2.00 bits per heavy atom. The molecule has 0 saturated heterocycles. The molecule has 0 unspecified atom stereocenters. The van der Waals surface area contributed by atoms with Crippen LogP contribution in [0.3, 0.4) is 0 Å². The zero-order valence-corrected chi connectivity index (χ0v) is 9.38. The predicted octanol–water partition coefficient (Wildman–Crippen LogP) is 2.75. The van der Waals surface area contributed by atoms with Crippen molar-refractivity contribution in [2.24, 2.45) is 0 Å². The molecule has 3 nitrogen and oxygen atoms in total. The molecule has 0 heterocycles. The Bertz CT molecular complexity index is 366. The van der Waals surface area contributed by atoms with Gasteiger partial charge in [-0.1, -0.05) is 6.07 Å². The second-order valence-electron chi connectivity index (χ2n) is 3.49. The molecule has 0 atom stereocenters. The van der Waals surface area contributed by atoms with Gasteiger partial charge in [-0.25, -0.2) is 0 Å². The molecule has 0 aliphatic carbocycles. The summed E-state index contributed by atoms with van der Waals surface area (Å²) in [6.07, 6.45) is -5.13. The highest BCUT2D eigenvalue weighted by Gasteiger charge is 2.26. The molecule has 96 valence electrons. The summed E-state index contributed by atoms with van der Waals surface area (Å²) in [5.74, 6) is 0.532. The fourth-order valence-corrected chi connectivity index (χ4v) is 1.25. The van der Waals surface area contributed by atoms with Crippen LogP contribution in [0.5, 0.6) is 5.75 Å². The highest BCUT2D eigenvalue weighted by Crippen LogP contribution is 2.23. The minimum absolute atomic E-state index is 0.101. The lowest BCUT2D eigenvalue weighted by Gasteiger charge is -2.09. The molecule has 0 amide bonds. The third-order valence-electron chi connectivity index (χ3n) is 2.09. The molecule has 1 aromatic rings. The molecular formula is C11H14F3NO2. The monoisotopic (exact) mass is 249 g/mol. The maximum Gasteiger partial charge on any atom is 0.391 e. The van der Waals surface area contributed by atoms with Crippen LogP contribution >= 0.6 is 0 Å². The molecule has 0 aromatic heterocycles. The number of methoxy groups -OCH3 is 1. The Morgan fingerprint density at radius 1 is 1.29 bits per heavy atom. The van der Waals surface area contributed by atoms with Gasteiger partial charge < -0.3 is 15.2 Å². The van der Waals surface area contributed by atoms with Crippen LogP contribution in [0.25, 0.3) is 0 Å². The summed E-state index contributed by atoms with van der Waals surface area (Å²) in [4.78, 5) is 0. The summed E-state index contributed by atoms with van der Waals surface area (Å²) < 4.78 is 45.3. The van der Waals surface area contributed by atoms with Crippen molar-refractivity contribution < 1.29 is 22.6 Å². The Hall–Kier alpha value is -1.43. The lowest BCUT2D eigenvalue weighted by atomic mass is 10.2. The highest BCUT2D eigenvalue weighted by molar-refractivity contribution is 5.54. The van der Waals surface area contributed by atoms with E-state index in [1.165, 1.54) is 7.11 Å². The number of benzene rings is 1. The summed E-state index contributed by atoms with van der Waals surface area (Å²) in [6.45, 7) is -0.250. The first-order valence-electron chi connectivity index (χ1n) is 4.99. The molecular weight excluding hydrogens is 235 g/mol. The van der Waals surface area contributed by atoms with Crippen LogP contribution < -0.4 is 10.5 Å². The van der Waals surface area contributed by atoms with Crippen molar-refractivity contribution in [1.82, 2.24) is 0 Å². The first-order valence-corrected chi connectivity index (χ1v) is 4.99. The molecule has 6 heteroatoms. The number of nitrogens with two attached hydrogens (primary N) is 1. The molecule has 0 aliphatic rings. The zero-order valence-electron chi connectivity index (χ0n) is 9.38. The van der Waals surface area contributed by atoms with Crippen molar-refractivity contribution >= 4 is 5.69 Å². The van der Waals surface area contributed by atoms with E-state index in [1.54, 1.807) is 18.2 Å². The molecule has 0 spiro atoms. The van der Waals surface area contributed by atoms with E-state index in [2.05, 4.69) is 0 Å². The van der Waals surface area contributed by atoms with Gasteiger partial charge in [0.1, 0.15) is 5.75 Å². The number of nitrogen functional groups attached to an aromatic ring is 1. The van der Waals surface area contributed by atoms with Gasteiger partial charge in [0.2, 0.25) is 0 Å². The van der Waals surface area contributed by atoms with E-state index in [9.17, 15) is 13.2 Å². The Labute approximate surface area is 97.3 Å². The summed E-state index contributed by atoms with van der Waals surface area (Å²) in [7, 11) is 1.49. The standard InChI is InChI=1S/C11H14F3NO2/c1-16-10-3-2-8(6-9(10)15)7-17-5-4-11(12,13)14/h2-3,6H,4-5,7,15H2,1H3. The minimum Gasteiger partial charge on any atom is -0.495 e. The zero-order chi connectivity index (χ0) is 12.9. The Balaban J connectivity index is 2.40. The van der Waals surface area contributed by atoms with Gasteiger partial charge in [-0.15, -0.1) is 0 Å². The predicted molar refractivity (Wildman–Crippen MR) is 57.7 cm³/mol. The molecule has 0 saturated carbocycles. The van der Waals surface area contributed by atoms with Crippen LogP contribution in [-0.4, -0.2) is 19.9 Å². The Morgan fingerprint density at radius 3 is 2.53 bits per heavy atom. The van der Waals surface area contributed by atoms with Crippen molar-refractivity contribution in [1.29, 1.82) is 0 Å². The van der Waals surface area contributed by atoms with Gasteiger partial charge in [0, 0.05) is 0 Å².